The molecule has 0 unspecified atom stereocenters. The Morgan fingerprint density at radius 2 is 1.77 bits per heavy atom. The molecular weight excluding hydrogens is 427 g/mol. The van der Waals surface area contributed by atoms with E-state index < -0.39 is 23.8 Å². The second kappa shape index (κ2) is 12.1. The van der Waals surface area contributed by atoms with Crippen LogP contribution in [0.25, 0.3) is 6.08 Å². The maximum absolute atomic E-state index is 12.4. The molecule has 10 nitrogen and oxygen atoms in total. The van der Waals surface area contributed by atoms with Crippen molar-refractivity contribution in [2.24, 2.45) is 5.10 Å². The first-order valence-electron chi connectivity index (χ1n) is 9.50. The quantitative estimate of drug-likeness (QED) is 0.320. The summed E-state index contributed by atoms with van der Waals surface area (Å²) in [5.74, 6) is -0.998. The number of aryl methyl sites for hydroxylation is 1. The van der Waals surface area contributed by atoms with E-state index in [-0.39, 0.29) is 51.4 Å². The van der Waals surface area contributed by atoms with E-state index in [1.165, 1.54) is 14.1 Å². The number of carbonyl (C=O) groups is 3. The number of amides is 4. The largest absolute Gasteiger partial charge is 1.00 e. The first-order valence-corrected chi connectivity index (χ1v) is 9.50. The molecule has 0 saturated carbocycles. The van der Waals surface area contributed by atoms with Crippen LogP contribution in [0.5, 0.6) is 5.88 Å². The minimum atomic E-state index is -0.599. The molecule has 0 aliphatic carbocycles. The number of hydrogen-bond acceptors (Lipinski definition) is 6. The fourth-order valence-corrected chi connectivity index (χ4v) is 2.74. The Morgan fingerprint density at radius 1 is 1.13 bits per heavy atom. The van der Waals surface area contributed by atoms with Crippen LogP contribution in [0.3, 0.4) is 0 Å². The van der Waals surface area contributed by atoms with Crippen LogP contribution in [0.2, 0.25) is 0 Å². The van der Waals surface area contributed by atoms with Gasteiger partial charge in [-0.05, 0) is 25.8 Å². The van der Waals surface area contributed by atoms with Crippen molar-refractivity contribution >= 4 is 29.8 Å². The zero-order valence-corrected chi connectivity index (χ0v) is 21.8. The molecule has 1 aliphatic heterocycles. The van der Waals surface area contributed by atoms with E-state index >= 15 is 0 Å². The molecule has 0 spiro atoms. The van der Waals surface area contributed by atoms with Crippen LogP contribution >= 0.6 is 0 Å². The molecule has 1 aromatic heterocycles. The van der Waals surface area contributed by atoms with Crippen LogP contribution in [-0.4, -0.2) is 52.6 Å². The minimum Gasteiger partial charge on any atom is -0.858 e. The molecule has 160 valence electrons. The molecule has 0 radical (unpaired) electrons. The predicted molar refractivity (Wildman–Crippen MR) is 111 cm³/mol. The fourth-order valence-electron chi connectivity index (χ4n) is 2.74. The predicted octanol–water partition coefficient (Wildman–Crippen LogP) is -1.46. The number of nitrogens with zero attached hydrogens (tertiary/aromatic N) is 4. The molecule has 0 atom stereocenters. The van der Waals surface area contributed by atoms with Crippen molar-refractivity contribution in [3.05, 3.63) is 40.6 Å². The van der Waals surface area contributed by atoms with Crippen LogP contribution in [0.4, 0.5) is 9.59 Å². The van der Waals surface area contributed by atoms with Gasteiger partial charge in [0, 0.05) is 25.5 Å². The molecule has 4 amide bonds. The van der Waals surface area contributed by atoms with Gasteiger partial charge in [0.2, 0.25) is 0 Å². The first kappa shape index (κ1) is 27.0. The average Bonchev–Trinajstić information content (AvgIpc) is 3.25. The molecule has 31 heavy (non-hydrogen) atoms. The van der Waals surface area contributed by atoms with E-state index in [0.717, 1.165) is 15.3 Å². The molecule has 0 fully saturated rings. The molecular formula is C20H25KN6O4. The van der Waals surface area contributed by atoms with Crippen LogP contribution in [0.1, 0.15) is 38.4 Å². The Hall–Kier alpha value is -2.05. The maximum Gasteiger partial charge on any atom is 1.00 e. The molecule has 0 bridgehead atoms. The minimum absolute atomic E-state index is 0. The number of urea groups is 1. The van der Waals surface area contributed by atoms with Crippen molar-refractivity contribution in [1.82, 2.24) is 25.4 Å². The van der Waals surface area contributed by atoms with Gasteiger partial charge in [-0.3, -0.25) is 4.79 Å². The molecule has 0 saturated heterocycles. The van der Waals surface area contributed by atoms with E-state index in [2.05, 4.69) is 20.8 Å². The second-order valence-electron chi connectivity index (χ2n) is 6.38. The number of allylic oxidation sites excluding steroid dienone is 4. The van der Waals surface area contributed by atoms with Crippen molar-refractivity contribution in [1.29, 1.82) is 0 Å². The van der Waals surface area contributed by atoms with Gasteiger partial charge in [0.15, 0.2) is 0 Å². The summed E-state index contributed by atoms with van der Waals surface area (Å²) in [4.78, 5) is 36.0. The van der Waals surface area contributed by atoms with Crippen LogP contribution in [0, 0.1) is 0 Å². The van der Waals surface area contributed by atoms with Gasteiger partial charge in [0.25, 0.3) is 5.91 Å². The molecule has 2 heterocycles. The Labute approximate surface area is 223 Å². The number of aromatic nitrogens is 2. The normalized spacial score (nSPS) is 15.3. The van der Waals surface area contributed by atoms with Crippen LogP contribution < -0.4 is 67.1 Å². The van der Waals surface area contributed by atoms with E-state index in [1.807, 2.05) is 13.8 Å². The number of nitrogens with one attached hydrogen (secondary N) is 2. The van der Waals surface area contributed by atoms with Gasteiger partial charge in [-0.1, -0.05) is 37.6 Å². The average molecular weight is 453 g/mol. The van der Waals surface area contributed by atoms with Crippen molar-refractivity contribution in [2.75, 3.05) is 14.1 Å². The van der Waals surface area contributed by atoms with Crippen molar-refractivity contribution in [3.8, 4) is 5.88 Å². The van der Waals surface area contributed by atoms with Gasteiger partial charge in [-0.25, -0.2) is 9.59 Å². The Kier molecular flexibility index (Phi) is 10.5. The number of carbonyl (C=O) groups excluding carboxylic acids is 3. The topological polar surface area (TPSA) is 132 Å². The van der Waals surface area contributed by atoms with Crippen molar-refractivity contribution in [2.45, 2.75) is 33.6 Å². The summed E-state index contributed by atoms with van der Waals surface area (Å²) in [5.41, 5.74) is 2.44. The molecule has 2 rings (SSSR count). The van der Waals surface area contributed by atoms with Gasteiger partial charge >= 0.3 is 63.4 Å². The summed E-state index contributed by atoms with van der Waals surface area (Å²) in [6.07, 6.45) is 7.57. The molecule has 1 aliphatic rings. The zero-order chi connectivity index (χ0) is 22.4. The summed E-state index contributed by atoms with van der Waals surface area (Å²) in [6, 6.07) is -1.20. The smallest absolute Gasteiger partial charge is 0.858 e. The van der Waals surface area contributed by atoms with Gasteiger partial charge in [0.05, 0.1) is 17.0 Å². The van der Waals surface area contributed by atoms with Crippen LogP contribution in [0.15, 0.2) is 34.5 Å². The van der Waals surface area contributed by atoms with Crippen LogP contribution in [-0.2, 0) is 11.2 Å². The van der Waals surface area contributed by atoms with E-state index in [9.17, 15) is 19.5 Å². The number of imide groups is 1. The summed E-state index contributed by atoms with van der Waals surface area (Å²) in [7, 11) is 2.85. The van der Waals surface area contributed by atoms with Gasteiger partial charge in [0.1, 0.15) is 0 Å². The second-order valence-corrected chi connectivity index (χ2v) is 6.38. The SMILES string of the molecule is CCC1=NN(C(=O)NC)C(=O)C1=CC=C(C)C=Cc1c(CC)nn(C(=O)NC)c1[O-].[K+]. The number of hydrogen-bond donors (Lipinski definition) is 2. The maximum atomic E-state index is 12.4. The summed E-state index contributed by atoms with van der Waals surface area (Å²) in [5, 5.41) is 26.1. The standard InChI is InChI=1S/C20H26N6O4.K/c1-6-15-13(17(27)25(23-15)19(29)21-4)10-8-12(3)9-11-14-16(7-2)24-26(18(14)28)20(30)22-5;/h8-11,27H,6-7H2,1-5H3,(H,21,29)(H,22,30);/q;+1/p-1. The van der Waals surface area contributed by atoms with Crippen molar-refractivity contribution < 1.29 is 70.9 Å². The Bertz CT molecular complexity index is 990. The fraction of sp³-hybridized carbons (Fsp3) is 0.350. The molecule has 0 aromatic carbocycles. The third-order valence-electron chi connectivity index (χ3n) is 4.42. The monoisotopic (exact) mass is 452 g/mol. The Morgan fingerprint density at radius 3 is 2.32 bits per heavy atom. The van der Waals surface area contributed by atoms with E-state index in [4.69, 9.17) is 0 Å². The third kappa shape index (κ3) is 6.01. The molecule has 2 N–H and O–H groups in total. The molecule has 1 aromatic rings. The summed E-state index contributed by atoms with van der Waals surface area (Å²) < 4.78 is 0.800. The third-order valence-corrected chi connectivity index (χ3v) is 4.42. The zero-order valence-electron chi connectivity index (χ0n) is 18.6. The summed E-state index contributed by atoms with van der Waals surface area (Å²) in [6.45, 7) is 5.48. The van der Waals surface area contributed by atoms with Gasteiger partial charge in [-0.2, -0.15) is 14.9 Å². The summed E-state index contributed by atoms with van der Waals surface area (Å²) >= 11 is 0. The number of hydrazone groups is 1. The molecule has 11 heteroatoms. The van der Waals surface area contributed by atoms with E-state index in [0.29, 0.717) is 35.4 Å². The Balaban J connectivity index is 0.00000480. The van der Waals surface area contributed by atoms with Crippen molar-refractivity contribution in [3.63, 3.8) is 0 Å². The first-order chi connectivity index (χ1) is 14.3. The van der Waals surface area contributed by atoms with Gasteiger partial charge in [-0.15, -0.1) is 5.01 Å². The van der Waals surface area contributed by atoms with Gasteiger partial charge < -0.3 is 15.7 Å². The van der Waals surface area contributed by atoms with E-state index in [1.54, 1.807) is 31.2 Å². The number of rotatable bonds is 5.